The highest BCUT2D eigenvalue weighted by Gasteiger charge is 2.06. The van der Waals surface area contributed by atoms with Gasteiger partial charge in [-0.05, 0) is 37.6 Å². The quantitative estimate of drug-likeness (QED) is 0.758. The van der Waals surface area contributed by atoms with E-state index in [1.807, 2.05) is 31.2 Å². The fraction of sp³-hybridized carbons (Fsp3) is 0.533. The Morgan fingerprint density at radius 2 is 2.21 bits per heavy atom. The van der Waals surface area contributed by atoms with E-state index in [4.69, 9.17) is 4.74 Å². The zero-order valence-electron chi connectivity index (χ0n) is 12.0. The maximum absolute atomic E-state index is 11.8. The fourth-order valence-electron chi connectivity index (χ4n) is 1.70. The predicted octanol–water partition coefficient (Wildman–Crippen LogP) is 2.55. The molecule has 1 unspecified atom stereocenters. The van der Waals surface area contributed by atoms with E-state index in [9.17, 15) is 4.79 Å². The van der Waals surface area contributed by atoms with Crippen LogP contribution in [0.25, 0.3) is 0 Å². The molecule has 4 nitrogen and oxygen atoms in total. The van der Waals surface area contributed by atoms with Crippen molar-refractivity contribution in [1.82, 2.24) is 5.32 Å². The second-order valence-corrected chi connectivity index (χ2v) is 4.61. The Balaban J connectivity index is 2.45. The third kappa shape index (κ3) is 6.36. The molecule has 0 radical (unpaired) electrons. The minimum Gasteiger partial charge on any atom is -0.382 e. The molecule has 1 amide bonds. The maximum Gasteiger partial charge on any atom is 0.224 e. The molecule has 0 spiro atoms. The molecule has 0 aromatic heterocycles. The van der Waals surface area contributed by atoms with Crippen LogP contribution in [0.2, 0.25) is 0 Å². The maximum atomic E-state index is 11.8. The topological polar surface area (TPSA) is 50.4 Å². The van der Waals surface area contributed by atoms with Crippen molar-refractivity contribution in [2.45, 2.75) is 39.3 Å². The largest absolute Gasteiger partial charge is 0.382 e. The number of nitrogens with one attached hydrogen (secondary N) is 2. The van der Waals surface area contributed by atoms with Gasteiger partial charge in [0.1, 0.15) is 0 Å². The van der Waals surface area contributed by atoms with Gasteiger partial charge in [0.25, 0.3) is 0 Å². The summed E-state index contributed by atoms with van der Waals surface area (Å²) in [4.78, 5) is 11.8. The number of rotatable bonds is 8. The summed E-state index contributed by atoms with van der Waals surface area (Å²) in [5.74, 6) is 0.0319. The number of benzene rings is 1. The van der Waals surface area contributed by atoms with Gasteiger partial charge in [-0.15, -0.1) is 0 Å². The second-order valence-electron chi connectivity index (χ2n) is 4.61. The first-order valence-corrected chi connectivity index (χ1v) is 6.78. The lowest BCUT2D eigenvalue weighted by Crippen LogP contribution is -2.16. The first-order valence-electron chi connectivity index (χ1n) is 6.78. The number of anilines is 1. The van der Waals surface area contributed by atoms with Crippen LogP contribution in [0.3, 0.4) is 0 Å². The van der Waals surface area contributed by atoms with E-state index in [0.29, 0.717) is 6.42 Å². The molecular weight excluding hydrogens is 240 g/mol. The highest BCUT2D eigenvalue weighted by atomic mass is 16.5. The van der Waals surface area contributed by atoms with Crippen LogP contribution in [0.15, 0.2) is 24.3 Å². The lowest BCUT2D eigenvalue weighted by molar-refractivity contribution is -0.116. The minimum atomic E-state index is 0.0319. The SMILES string of the molecule is CCNCc1cccc(NC(=O)CCC(C)OC)c1. The smallest absolute Gasteiger partial charge is 0.224 e. The first kappa shape index (κ1) is 15.7. The van der Waals surface area contributed by atoms with E-state index in [2.05, 4.69) is 17.6 Å². The summed E-state index contributed by atoms with van der Waals surface area (Å²) in [5, 5.41) is 6.18. The van der Waals surface area contributed by atoms with Crippen LogP contribution in [0.4, 0.5) is 5.69 Å². The van der Waals surface area contributed by atoms with E-state index < -0.39 is 0 Å². The molecule has 0 aliphatic carbocycles. The van der Waals surface area contributed by atoms with Gasteiger partial charge < -0.3 is 15.4 Å². The zero-order valence-corrected chi connectivity index (χ0v) is 12.0. The Kier molecular flexibility index (Phi) is 7.15. The van der Waals surface area contributed by atoms with E-state index in [0.717, 1.165) is 25.2 Å². The van der Waals surface area contributed by atoms with Crippen LogP contribution >= 0.6 is 0 Å². The summed E-state index contributed by atoms with van der Waals surface area (Å²) in [7, 11) is 1.66. The van der Waals surface area contributed by atoms with Crippen molar-refractivity contribution in [3.8, 4) is 0 Å². The Morgan fingerprint density at radius 3 is 2.89 bits per heavy atom. The van der Waals surface area contributed by atoms with Crippen LogP contribution in [0.5, 0.6) is 0 Å². The summed E-state index contributed by atoms with van der Waals surface area (Å²) in [6.45, 7) is 5.79. The molecule has 106 valence electrons. The average molecular weight is 264 g/mol. The molecule has 0 fully saturated rings. The normalized spacial score (nSPS) is 12.2. The van der Waals surface area contributed by atoms with Crippen LogP contribution in [0.1, 0.15) is 32.3 Å². The van der Waals surface area contributed by atoms with Crippen molar-refractivity contribution >= 4 is 11.6 Å². The minimum absolute atomic E-state index is 0.0319. The van der Waals surface area contributed by atoms with Gasteiger partial charge in [-0.25, -0.2) is 0 Å². The van der Waals surface area contributed by atoms with Crippen LogP contribution in [-0.4, -0.2) is 25.7 Å². The molecule has 19 heavy (non-hydrogen) atoms. The van der Waals surface area contributed by atoms with Gasteiger partial charge in [-0.3, -0.25) is 4.79 Å². The summed E-state index contributed by atoms with van der Waals surface area (Å²) < 4.78 is 5.13. The molecular formula is C15H24N2O2. The molecule has 0 saturated carbocycles. The van der Waals surface area contributed by atoms with Crippen molar-refractivity contribution in [3.05, 3.63) is 29.8 Å². The summed E-state index contributed by atoms with van der Waals surface area (Å²) in [6, 6.07) is 7.92. The Labute approximate surface area is 115 Å². The second kappa shape index (κ2) is 8.67. The number of amides is 1. The lowest BCUT2D eigenvalue weighted by Gasteiger charge is -2.10. The van der Waals surface area contributed by atoms with Gasteiger partial charge >= 0.3 is 0 Å². The highest BCUT2D eigenvalue weighted by Crippen LogP contribution is 2.11. The van der Waals surface area contributed by atoms with Gasteiger partial charge in [0, 0.05) is 25.8 Å². The summed E-state index contributed by atoms with van der Waals surface area (Å²) in [6.07, 6.45) is 1.33. The number of hydrogen-bond donors (Lipinski definition) is 2. The Bertz CT molecular complexity index is 393. The molecule has 0 aliphatic heterocycles. The standard InChI is InChI=1S/C15H24N2O2/c1-4-16-11-13-6-5-7-14(10-13)17-15(18)9-8-12(2)19-3/h5-7,10,12,16H,4,8-9,11H2,1-3H3,(H,17,18). The summed E-state index contributed by atoms with van der Waals surface area (Å²) >= 11 is 0. The van der Waals surface area contributed by atoms with Gasteiger partial charge in [0.05, 0.1) is 6.10 Å². The third-order valence-corrected chi connectivity index (χ3v) is 2.97. The number of methoxy groups -OCH3 is 1. The van der Waals surface area contributed by atoms with E-state index in [1.165, 1.54) is 5.56 Å². The van der Waals surface area contributed by atoms with Crippen LogP contribution in [-0.2, 0) is 16.1 Å². The van der Waals surface area contributed by atoms with E-state index >= 15 is 0 Å². The van der Waals surface area contributed by atoms with Crippen molar-refractivity contribution in [3.63, 3.8) is 0 Å². The third-order valence-electron chi connectivity index (χ3n) is 2.97. The fourth-order valence-corrected chi connectivity index (χ4v) is 1.70. The number of carbonyl (C=O) groups is 1. The van der Waals surface area contributed by atoms with E-state index in [1.54, 1.807) is 7.11 Å². The first-order chi connectivity index (χ1) is 9.15. The Morgan fingerprint density at radius 1 is 1.42 bits per heavy atom. The molecule has 0 aliphatic rings. The van der Waals surface area contributed by atoms with Gasteiger partial charge in [-0.1, -0.05) is 19.1 Å². The molecule has 1 aromatic carbocycles. The lowest BCUT2D eigenvalue weighted by atomic mass is 10.2. The molecule has 1 aromatic rings. The van der Waals surface area contributed by atoms with Crippen molar-refractivity contribution in [2.75, 3.05) is 19.0 Å². The number of carbonyl (C=O) groups excluding carboxylic acids is 1. The summed E-state index contributed by atoms with van der Waals surface area (Å²) in [5.41, 5.74) is 2.02. The van der Waals surface area contributed by atoms with Crippen molar-refractivity contribution in [2.24, 2.45) is 0 Å². The van der Waals surface area contributed by atoms with Gasteiger partial charge in [-0.2, -0.15) is 0 Å². The predicted molar refractivity (Wildman–Crippen MR) is 78.2 cm³/mol. The molecule has 1 rings (SSSR count). The van der Waals surface area contributed by atoms with Crippen LogP contribution < -0.4 is 10.6 Å². The average Bonchev–Trinajstić information content (AvgIpc) is 2.43. The van der Waals surface area contributed by atoms with Crippen molar-refractivity contribution < 1.29 is 9.53 Å². The molecule has 4 heteroatoms. The zero-order chi connectivity index (χ0) is 14.1. The molecule has 0 bridgehead atoms. The highest BCUT2D eigenvalue weighted by molar-refractivity contribution is 5.90. The molecule has 1 atom stereocenters. The monoisotopic (exact) mass is 264 g/mol. The Hall–Kier alpha value is -1.39. The van der Waals surface area contributed by atoms with Gasteiger partial charge in [0.2, 0.25) is 5.91 Å². The van der Waals surface area contributed by atoms with Crippen LogP contribution in [0, 0.1) is 0 Å². The molecule has 0 saturated heterocycles. The molecule has 0 heterocycles. The molecule has 2 N–H and O–H groups in total. The van der Waals surface area contributed by atoms with Crippen molar-refractivity contribution in [1.29, 1.82) is 0 Å². The van der Waals surface area contributed by atoms with E-state index in [-0.39, 0.29) is 12.0 Å². The van der Waals surface area contributed by atoms with Gasteiger partial charge in [0.15, 0.2) is 0 Å². The number of ether oxygens (including phenoxy) is 1. The number of hydrogen-bond acceptors (Lipinski definition) is 3.